The van der Waals surface area contributed by atoms with Crippen molar-refractivity contribution in [3.8, 4) is 0 Å². The van der Waals surface area contributed by atoms with Crippen LogP contribution in [0, 0.1) is 52.3 Å². The molecule has 4 nitrogen and oxygen atoms in total. The Morgan fingerprint density at radius 3 is 2.47 bits per heavy atom. The Labute approximate surface area is 195 Å². The lowest BCUT2D eigenvalue weighted by atomic mass is 9.43. The van der Waals surface area contributed by atoms with Crippen molar-refractivity contribution >= 4 is 5.97 Å². The smallest absolute Gasteiger partial charge is 0.305 e. The van der Waals surface area contributed by atoms with Gasteiger partial charge in [-0.3, -0.25) is 4.79 Å². The molecule has 184 valence electrons. The molecule has 0 bridgehead atoms. The van der Waals surface area contributed by atoms with E-state index in [0.29, 0.717) is 54.5 Å². The molecule has 4 aliphatic rings. The van der Waals surface area contributed by atoms with Crippen LogP contribution in [0.5, 0.6) is 0 Å². The number of aliphatic hydroxyl groups excluding tert-OH is 2. The molecule has 0 saturated heterocycles. The van der Waals surface area contributed by atoms with Gasteiger partial charge < -0.3 is 14.9 Å². The molecule has 0 radical (unpaired) electrons. The van der Waals surface area contributed by atoms with Gasteiger partial charge in [0.05, 0.1) is 18.8 Å². The predicted molar refractivity (Wildman–Crippen MR) is 127 cm³/mol. The fourth-order valence-electron chi connectivity index (χ4n) is 9.04. The highest BCUT2D eigenvalue weighted by Gasteiger charge is 2.63. The quantitative estimate of drug-likeness (QED) is 0.520. The maximum atomic E-state index is 12.2. The summed E-state index contributed by atoms with van der Waals surface area (Å²) in [6.45, 7) is 11.8. The molecule has 0 aliphatic heterocycles. The van der Waals surface area contributed by atoms with Gasteiger partial charge in [-0.15, -0.1) is 0 Å². The third-order valence-corrected chi connectivity index (χ3v) is 10.9. The van der Waals surface area contributed by atoms with Crippen LogP contribution in [-0.2, 0) is 9.53 Å². The normalized spacial score (nSPS) is 46.8. The van der Waals surface area contributed by atoms with Crippen LogP contribution >= 0.6 is 0 Å². The molecule has 0 aromatic heterocycles. The lowest BCUT2D eigenvalue weighted by Gasteiger charge is -2.62. The zero-order valence-corrected chi connectivity index (χ0v) is 21.2. The van der Waals surface area contributed by atoms with Gasteiger partial charge in [0.25, 0.3) is 0 Å². The van der Waals surface area contributed by atoms with Crippen molar-refractivity contribution < 1.29 is 19.7 Å². The lowest BCUT2D eigenvalue weighted by Crippen LogP contribution is -2.58. The summed E-state index contributed by atoms with van der Waals surface area (Å²) in [5.41, 5.74) is 0.258. The number of carbonyl (C=O) groups excluding carboxylic acids is 1. The number of hydrogen-bond donors (Lipinski definition) is 2. The Bertz CT molecular complexity index is 676. The number of hydrogen-bond acceptors (Lipinski definition) is 4. The number of carbonyl (C=O) groups is 1. The largest absolute Gasteiger partial charge is 0.465 e. The summed E-state index contributed by atoms with van der Waals surface area (Å²) in [5, 5.41) is 21.9. The van der Waals surface area contributed by atoms with Crippen LogP contribution in [0.25, 0.3) is 0 Å². The molecule has 0 aromatic rings. The summed E-state index contributed by atoms with van der Waals surface area (Å²) in [7, 11) is 0. The van der Waals surface area contributed by atoms with E-state index in [0.717, 1.165) is 32.1 Å². The van der Waals surface area contributed by atoms with Crippen LogP contribution in [0.3, 0.4) is 0 Å². The molecule has 0 unspecified atom stereocenters. The average Bonchev–Trinajstić information content (AvgIpc) is 3.10. The highest BCUT2D eigenvalue weighted by Crippen LogP contribution is 2.68. The highest BCUT2D eigenvalue weighted by molar-refractivity contribution is 5.69. The topological polar surface area (TPSA) is 66.8 Å². The van der Waals surface area contributed by atoms with Gasteiger partial charge in [0.1, 0.15) is 0 Å². The summed E-state index contributed by atoms with van der Waals surface area (Å²) < 4.78 is 5.40. The number of aliphatic hydroxyl groups is 2. The van der Waals surface area contributed by atoms with E-state index in [1.54, 1.807) is 0 Å². The Kier molecular flexibility index (Phi) is 7.05. The summed E-state index contributed by atoms with van der Waals surface area (Å²) in [4.78, 5) is 12.2. The van der Waals surface area contributed by atoms with Crippen LogP contribution < -0.4 is 0 Å². The van der Waals surface area contributed by atoms with Crippen molar-refractivity contribution in [3.63, 3.8) is 0 Å². The molecule has 4 heteroatoms. The van der Waals surface area contributed by atoms with Gasteiger partial charge >= 0.3 is 5.97 Å². The number of ether oxygens (including phenoxy) is 1. The lowest BCUT2D eigenvalue weighted by molar-refractivity contribution is -0.175. The fraction of sp³-hybridized carbons (Fsp3) is 0.964. The van der Waals surface area contributed by atoms with E-state index in [-0.39, 0.29) is 29.0 Å². The molecular formula is C28H48O4. The van der Waals surface area contributed by atoms with Gasteiger partial charge in [0.2, 0.25) is 0 Å². The Hall–Kier alpha value is -0.610. The molecule has 0 heterocycles. The molecule has 2 N–H and O–H groups in total. The van der Waals surface area contributed by atoms with Crippen molar-refractivity contribution in [2.45, 2.75) is 111 Å². The van der Waals surface area contributed by atoms with Gasteiger partial charge in [-0.25, -0.2) is 0 Å². The number of esters is 1. The minimum atomic E-state index is -0.251. The van der Waals surface area contributed by atoms with Crippen LogP contribution in [0.2, 0.25) is 0 Å². The Morgan fingerprint density at radius 1 is 1.00 bits per heavy atom. The minimum Gasteiger partial charge on any atom is -0.465 e. The van der Waals surface area contributed by atoms with Gasteiger partial charge in [-0.2, -0.15) is 0 Å². The van der Waals surface area contributed by atoms with Gasteiger partial charge in [-0.1, -0.05) is 34.6 Å². The summed E-state index contributed by atoms with van der Waals surface area (Å²) in [6, 6.07) is 0. The predicted octanol–water partition coefficient (Wildman–Crippen LogP) is 5.59. The molecule has 0 aromatic carbocycles. The van der Waals surface area contributed by atoms with Crippen LogP contribution in [0.4, 0.5) is 0 Å². The monoisotopic (exact) mass is 448 g/mol. The molecule has 0 spiro atoms. The molecular weight excluding hydrogens is 400 g/mol. The average molecular weight is 449 g/mol. The second-order valence-electron chi connectivity index (χ2n) is 13.0. The van der Waals surface area contributed by atoms with Crippen LogP contribution in [0.1, 0.15) is 98.8 Å². The fourth-order valence-corrected chi connectivity index (χ4v) is 9.04. The van der Waals surface area contributed by atoms with E-state index in [1.807, 2.05) is 0 Å². The molecule has 4 rings (SSSR count). The Balaban J connectivity index is 1.44. The Morgan fingerprint density at radius 2 is 1.75 bits per heavy atom. The minimum absolute atomic E-state index is 0.0280. The van der Waals surface area contributed by atoms with Crippen molar-refractivity contribution in [2.75, 3.05) is 6.61 Å². The zero-order valence-electron chi connectivity index (χ0n) is 21.2. The van der Waals surface area contributed by atoms with E-state index >= 15 is 0 Å². The summed E-state index contributed by atoms with van der Waals surface area (Å²) in [6.07, 6.45) is 9.86. The maximum Gasteiger partial charge on any atom is 0.305 e. The molecule has 32 heavy (non-hydrogen) atoms. The molecule has 10 atom stereocenters. The SMILES string of the molecule is CC(C)COC(=O)CC[C@@H](C)[C@H]1CC[C@H]2[C@@H]3CC[C@@H]4C[C@H](O)CC[C@]4(C)[C@H]3C[C@H](O)[C@]12C. The van der Waals surface area contributed by atoms with Crippen molar-refractivity contribution in [2.24, 2.45) is 52.3 Å². The van der Waals surface area contributed by atoms with Crippen molar-refractivity contribution in [1.29, 1.82) is 0 Å². The van der Waals surface area contributed by atoms with E-state index in [9.17, 15) is 15.0 Å². The highest BCUT2D eigenvalue weighted by atomic mass is 16.5. The second-order valence-corrected chi connectivity index (χ2v) is 13.0. The van der Waals surface area contributed by atoms with E-state index in [4.69, 9.17) is 4.74 Å². The third kappa shape index (κ3) is 4.17. The van der Waals surface area contributed by atoms with Gasteiger partial charge in [-0.05, 0) is 110 Å². The maximum absolute atomic E-state index is 12.2. The standard InChI is InChI=1S/C28H48O4/c1-17(2)16-32-26(31)11-6-18(3)22-9-10-23-21-8-7-19-14-20(29)12-13-27(19,4)24(21)15-25(30)28(22,23)5/h17-25,29-30H,6-16H2,1-5H3/t18-,19-,20-,21+,22-,23+,24+,25+,27+,28-/m1/s1. The van der Waals surface area contributed by atoms with Gasteiger partial charge in [0, 0.05) is 6.42 Å². The van der Waals surface area contributed by atoms with Crippen LogP contribution in [0.15, 0.2) is 0 Å². The first-order valence-corrected chi connectivity index (χ1v) is 13.6. The molecule has 4 aliphatic carbocycles. The first kappa shape index (κ1) is 24.5. The first-order chi connectivity index (χ1) is 15.1. The van der Waals surface area contributed by atoms with E-state index in [1.165, 1.54) is 25.7 Å². The molecule has 0 amide bonds. The second kappa shape index (κ2) is 9.21. The summed E-state index contributed by atoms with van der Waals surface area (Å²) in [5.74, 6) is 3.76. The molecule has 4 fully saturated rings. The van der Waals surface area contributed by atoms with Gasteiger partial charge in [0.15, 0.2) is 0 Å². The zero-order chi connectivity index (χ0) is 23.3. The van der Waals surface area contributed by atoms with Crippen molar-refractivity contribution in [1.82, 2.24) is 0 Å². The van der Waals surface area contributed by atoms with Crippen molar-refractivity contribution in [3.05, 3.63) is 0 Å². The van der Waals surface area contributed by atoms with Crippen LogP contribution in [-0.4, -0.2) is 35.0 Å². The molecule has 4 saturated carbocycles. The first-order valence-electron chi connectivity index (χ1n) is 13.6. The van der Waals surface area contributed by atoms with E-state index in [2.05, 4.69) is 34.6 Å². The summed E-state index contributed by atoms with van der Waals surface area (Å²) >= 11 is 0. The number of fused-ring (bicyclic) bond motifs is 5. The van der Waals surface area contributed by atoms with E-state index < -0.39 is 0 Å². The third-order valence-electron chi connectivity index (χ3n) is 10.9. The number of rotatable bonds is 6.